The van der Waals surface area contributed by atoms with Crippen molar-refractivity contribution >= 4 is 10.8 Å². The normalized spacial score (nSPS) is 11.8. The lowest BCUT2D eigenvalue weighted by Crippen LogP contribution is -2.33. The summed E-state index contributed by atoms with van der Waals surface area (Å²) in [5.74, 6) is 0.876. The SMILES string of the molecule is COc1ccc2cc(C(C)(C)CNCO)ccc2c1. The Morgan fingerprint density at radius 1 is 1.11 bits per heavy atom. The Kier molecular flexibility index (Phi) is 4.08. The lowest BCUT2D eigenvalue weighted by Gasteiger charge is -2.25. The van der Waals surface area contributed by atoms with E-state index in [0.29, 0.717) is 0 Å². The summed E-state index contributed by atoms with van der Waals surface area (Å²) in [5, 5.41) is 14.2. The van der Waals surface area contributed by atoms with Crippen LogP contribution in [0.1, 0.15) is 19.4 Å². The van der Waals surface area contributed by atoms with Gasteiger partial charge >= 0.3 is 0 Å². The van der Waals surface area contributed by atoms with E-state index in [4.69, 9.17) is 9.84 Å². The van der Waals surface area contributed by atoms with Gasteiger partial charge in [0.15, 0.2) is 0 Å². The van der Waals surface area contributed by atoms with Crippen LogP contribution >= 0.6 is 0 Å². The zero-order chi connectivity index (χ0) is 13.9. The topological polar surface area (TPSA) is 41.5 Å². The fourth-order valence-corrected chi connectivity index (χ4v) is 2.24. The molecule has 0 aromatic heterocycles. The van der Waals surface area contributed by atoms with Crippen LogP contribution in [0.4, 0.5) is 0 Å². The number of rotatable bonds is 5. The summed E-state index contributed by atoms with van der Waals surface area (Å²) in [6.07, 6.45) is 0. The summed E-state index contributed by atoms with van der Waals surface area (Å²) in [7, 11) is 1.68. The largest absolute Gasteiger partial charge is 0.497 e. The second kappa shape index (κ2) is 5.59. The first-order chi connectivity index (χ1) is 9.06. The minimum absolute atomic E-state index is 0.00814. The fraction of sp³-hybridized carbons (Fsp3) is 0.375. The Balaban J connectivity index is 2.36. The molecule has 0 unspecified atom stereocenters. The zero-order valence-corrected chi connectivity index (χ0v) is 11.7. The van der Waals surface area contributed by atoms with E-state index in [-0.39, 0.29) is 12.1 Å². The first-order valence-corrected chi connectivity index (χ1v) is 6.47. The van der Waals surface area contributed by atoms with Gasteiger partial charge in [0.25, 0.3) is 0 Å². The molecular formula is C16H21NO2. The third kappa shape index (κ3) is 3.06. The Labute approximate surface area is 114 Å². The molecule has 0 saturated carbocycles. The van der Waals surface area contributed by atoms with Gasteiger partial charge in [-0.1, -0.05) is 38.1 Å². The van der Waals surface area contributed by atoms with Crippen molar-refractivity contribution in [3.63, 3.8) is 0 Å². The van der Waals surface area contributed by atoms with E-state index in [0.717, 1.165) is 12.3 Å². The lowest BCUT2D eigenvalue weighted by molar-refractivity contribution is 0.248. The number of hydrogen-bond donors (Lipinski definition) is 2. The molecule has 3 nitrogen and oxygen atoms in total. The van der Waals surface area contributed by atoms with Crippen molar-refractivity contribution in [3.8, 4) is 5.75 Å². The number of hydrogen-bond acceptors (Lipinski definition) is 3. The van der Waals surface area contributed by atoms with E-state index >= 15 is 0 Å². The Morgan fingerprint density at radius 3 is 2.47 bits per heavy atom. The maximum atomic E-state index is 8.88. The molecule has 0 heterocycles. The number of aliphatic hydroxyl groups is 1. The Hall–Kier alpha value is -1.58. The molecule has 0 aliphatic rings. The molecule has 3 heteroatoms. The van der Waals surface area contributed by atoms with Crippen LogP contribution in [0.2, 0.25) is 0 Å². The maximum absolute atomic E-state index is 8.88. The number of nitrogens with one attached hydrogen (secondary N) is 1. The molecule has 2 N–H and O–H groups in total. The van der Waals surface area contributed by atoms with Crippen LogP contribution in [-0.4, -0.2) is 25.5 Å². The van der Waals surface area contributed by atoms with E-state index < -0.39 is 0 Å². The third-order valence-electron chi connectivity index (χ3n) is 3.51. The van der Waals surface area contributed by atoms with Gasteiger partial charge in [-0.15, -0.1) is 0 Å². The molecular weight excluding hydrogens is 238 g/mol. The molecule has 0 spiro atoms. The maximum Gasteiger partial charge on any atom is 0.119 e. The third-order valence-corrected chi connectivity index (χ3v) is 3.51. The molecule has 0 amide bonds. The minimum Gasteiger partial charge on any atom is -0.497 e. The molecule has 0 aliphatic heterocycles. The predicted molar refractivity (Wildman–Crippen MR) is 78.6 cm³/mol. The molecule has 0 radical (unpaired) electrons. The van der Waals surface area contributed by atoms with Gasteiger partial charge in [-0.25, -0.2) is 0 Å². The molecule has 0 bridgehead atoms. The molecule has 0 saturated heterocycles. The van der Waals surface area contributed by atoms with E-state index in [1.165, 1.54) is 16.3 Å². The van der Waals surface area contributed by atoms with Crippen LogP contribution in [0.15, 0.2) is 36.4 Å². The van der Waals surface area contributed by atoms with Gasteiger partial charge in [0.05, 0.1) is 13.8 Å². The minimum atomic E-state index is -0.0170. The molecule has 102 valence electrons. The molecule has 0 atom stereocenters. The summed E-state index contributed by atoms with van der Waals surface area (Å²) in [5.41, 5.74) is 1.24. The van der Waals surface area contributed by atoms with Gasteiger partial charge in [0.2, 0.25) is 0 Å². The number of methoxy groups -OCH3 is 1. The average Bonchev–Trinajstić information content (AvgIpc) is 2.44. The van der Waals surface area contributed by atoms with E-state index in [2.05, 4.69) is 43.4 Å². The quantitative estimate of drug-likeness (QED) is 0.811. The number of benzene rings is 2. The number of ether oxygens (including phenoxy) is 1. The highest BCUT2D eigenvalue weighted by Gasteiger charge is 2.20. The second-order valence-corrected chi connectivity index (χ2v) is 5.40. The summed E-state index contributed by atoms with van der Waals surface area (Å²) in [4.78, 5) is 0. The fourth-order valence-electron chi connectivity index (χ4n) is 2.24. The van der Waals surface area contributed by atoms with Crippen LogP contribution in [0.3, 0.4) is 0 Å². The zero-order valence-electron chi connectivity index (χ0n) is 11.7. The van der Waals surface area contributed by atoms with Gasteiger partial charge in [-0.3, -0.25) is 5.32 Å². The average molecular weight is 259 g/mol. The number of aliphatic hydroxyl groups excluding tert-OH is 1. The van der Waals surface area contributed by atoms with E-state index in [1.54, 1.807) is 7.11 Å². The molecule has 19 heavy (non-hydrogen) atoms. The standard InChI is InChI=1S/C16H21NO2/c1-16(2,10-17-11-18)14-6-4-13-9-15(19-3)7-5-12(13)8-14/h4-9,17-18H,10-11H2,1-3H3. The Morgan fingerprint density at radius 2 is 1.79 bits per heavy atom. The van der Waals surface area contributed by atoms with Crippen LogP contribution in [-0.2, 0) is 5.41 Å². The van der Waals surface area contributed by atoms with Gasteiger partial charge in [0.1, 0.15) is 5.75 Å². The summed E-state index contributed by atoms with van der Waals surface area (Å²) in [6.45, 7) is 5.08. The molecule has 2 rings (SSSR count). The van der Waals surface area contributed by atoms with Crippen molar-refractivity contribution in [2.24, 2.45) is 0 Å². The van der Waals surface area contributed by atoms with Crippen LogP contribution < -0.4 is 10.1 Å². The van der Waals surface area contributed by atoms with Gasteiger partial charge < -0.3 is 9.84 Å². The molecule has 0 aliphatic carbocycles. The summed E-state index contributed by atoms with van der Waals surface area (Å²) < 4.78 is 5.24. The van der Waals surface area contributed by atoms with Gasteiger partial charge in [-0.05, 0) is 28.5 Å². The van der Waals surface area contributed by atoms with Crippen molar-refractivity contribution in [2.45, 2.75) is 19.3 Å². The highest BCUT2D eigenvalue weighted by Crippen LogP contribution is 2.28. The van der Waals surface area contributed by atoms with Gasteiger partial charge in [0, 0.05) is 12.0 Å². The Bertz CT molecular complexity index is 564. The van der Waals surface area contributed by atoms with Gasteiger partial charge in [-0.2, -0.15) is 0 Å². The van der Waals surface area contributed by atoms with Crippen molar-refractivity contribution in [3.05, 3.63) is 42.0 Å². The van der Waals surface area contributed by atoms with Crippen LogP contribution in [0.5, 0.6) is 5.75 Å². The van der Waals surface area contributed by atoms with Crippen molar-refractivity contribution in [1.82, 2.24) is 5.32 Å². The smallest absolute Gasteiger partial charge is 0.119 e. The van der Waals surface area contributed by atoms with Crippen LogP contribution in [0.25, 0.3) is 10.8 Å². The summed E-state index contributed by atoms with van der Waals surface area (Å²) in [6, 6.07) is 12.6. The van der Waals surface area contributed by atoms with Crippen LogP contribution in [0, 0.1) is 0 Å². The highest BCUT2D eigenvalue weighted by atomic mass is 16.5. The van der Waals surface area contributed by atoms with Crippen molar-refractivity contribution in [1.29, 1.82) is 0 Å². The van der Waals surface area contributed by atoms with Crippen molar-refractivity contribution in [2.75, 3.05) is 20.4 Å². The monoisotopic (exact) mass is 259 g/mol. The first-order valence-electron chi connectivity index (χ1n) is 6.47. The molecule has 2 aromatic carbocycles. The second-order valence-electron chi connectivity index (χ2n) is 5.40. The van der Waals surface area contributed by atoms with E-state index in [1.807, 2.05) is 12.1 Å². The lowest BCUT2D eigenvalue weighted by atomic mass is 9.83. The highest BCUT2D eigenvalue weighted by molar-refractivity contribution is 5.84. The first kappa shape index (κ1) is 13.8. The van der Waals surface area contributed by atoms with Crippen molar-refractivity contribution < 1.29 is 9.84 Å². The predicted octanol–water partition coefficient (Wildman–Crippen LogP) is 2.67. The molecule has 0 fully saturated rings. The number of fused-ring (bicyclic) bond motifs is 1. The van der Waals surface area contributed by atoms with E-state index in [9.17, 15) is 0 Å². The summed E-state index contributed by atoms with van der Waals surface area (Å²) >= 11 is 0. The molecule has 2 aromatic rings.